The first-order valence-electron chi connectivity index (χ1n) is 10.8. The number of para-hydroxylation sites is 1. The van der Waals surface area contributed by atoms with Crippen molar-refractivity contribution in [3.8, 4) is 11.6 Å². The number of alkyl halides is 3. The molecule has 2 aromatic carbocycles. The standard InChI is InChI=1S/C23H22F3N5O3.ClH/c24-23(25,26)34-14-5-6-18-16(13-14)19(22(32)29-18)21-20(15-3-1-2-4-17(15)28-21)30-33-12-11-31-9-7-27-8-10-31;/h1-6,13,27,29,32H,7-12H2;1H/b30-20+;. The van der Waals surface area contributed by atoms with Gasteiger partial charge in [0.25, 0.3) is 0 Å². The number of ether oxygens (including phenoxy) is 1. The molecular formula is C23H23ClF3N5O3. The predicted molar refractivity (Wildman–Crippen MR) is 128 cm³/mol. The van der Waals surface area contributed by atoms with Gasteiger partial charge >= 0.3 is 6.36 Å². The summed E-state index contributed by atoms with van der Waals surface area (Å²) in [5.74, 6) is -0.638. The monoisotopic (exact) mass is 509 g/mol. The van der Waals surface area contributed by atoms with Crippen LogP contribution in [0.1, 0.15) is 11.1 Å². The van der Waals surface area contributed by atoms with Crippen molar-refractivity contribution in [2.45, 2.75) is 6.36 Å². The molecule has 0 aliphatic carbocycles. The van der Waals surface area contributed by atoms with Gasteiger partial charge in [-0.2, -0.15) is 0 Å². The topological polar surface area (TPSA) is 94.5 Å². The first kappa shape index (κ1) is 24.8. The molecule has 186 valence electrons. The van der Waals surface area contributed by atoms with Crippen LogP contribution in [0, 0.1) is 0 Å². The highest BCUT2D eigenvalue weighted by molar-refractivity contribution is 6.58. The Hall–Kier alpha value is -3.28. The summed E-state index contributed by atoms with van der Waals surface area (Å²) in [7, 11) is 0. The van der Waals surface area contributed by atoms with Crippen LogP contribution in [0.2, 0.25) is 0 Å². The second kappa shape index (κ2) is 10.1. The molecule has 2 aliphatic heterocycles. The van der Waals surface area contributed by atoms with E-state index in [-0.39, 0.29) is 23.9 Å². The normalized spacial score (nSPS) is 17.2. The van der Waals surface area contributed by atoms with Crippen molar-refractivity contribution < 1.29 is 27.9 Å². The van der Waals surface area contributed by atoms with Crippen molar-refractivity contribution in [3.63, 3.8) is 0 Å². The lowest BCUT2D eigenvalue weighted by molar-refractivity contribution is -0.274. The number of H-pyrrole nitrogens is 1. The van der Waals surface area contributed by atoms with E-state index in [1.54, 1.807) is 6.07 Å². The van der Waals surface area contributed by atoms with Gasteiger partial charge < -0.3 is 25.0 Å². The van der Waals surface area contributed by atoms with Crippen LogP contribution >= 0.6 is 12.4 Å². The zero-order valence-electron chi connectivity index (χ0n) is 18.4. The minimum absolute atomic E-state index is 0. The van der Waals surface area contributed by atoms with Gasteiger partial charge in [0.1, 0.15) is 23.8 Å². The molecule has 0 amide bonds. The van der Waals surface area contributed by atoms with Crippen molar-refractivity contribution in [1.82, 2.24) is 15.2 Å². The molecule has 12 heteroatoms. The first-order chi connectivity index (χ1) is 16.4. The SMILES string of the molecule is Cl.Oc1[nH]c2ccc(OC(F)(F)F)cc2c1C1=Nc2ccccc2/C1=N\OCCN1CCNCC1. The van der Waals surface area contributed by atoms with Gasteiger partial charge in [0.15, 0.2) is 5.88 Å². The molecule has 5 rings (SSSR count). The molecule has 3 heterocycles. The van der Waals surface area contributed by atoms with Crippen LogP contribution in [0.4, 0.5) is 18.9 Å². The van der Waals surface area contributed by atoms with Gasteiger partial charge in [-0.1, -0.05) is 23.4 Å². The van der Waals surface area contributed by atoms with Gasteiger partial charge in [0, 0.05) is 49.2 Å². The third-order valence-corrected chi connectivity index (χ3v) is 5.70. The summed E-state index contributed by atoms with van der Waals surface area (Å²) < 4.78 is 42.3. The van der Waals surface area contributed by atoms with Crippen molar-refractivity contribution in [1.29, 1.82) is 0 Å². The van der Waals surface area contributed by atoms with Gasteiger partial charge in [0.2, 0.25) is 0 Å². The molecule has 0 unspecified atom stereocenters. The van der Waals surface area contributed by atoms with Crippen molar-refractivity contribution in [2.24, 2.45) is 10.1 Å². The largest absolute Gasteiger partial charge is 0.573 e. The summed E-state index contributed by atoms with van der Waals surface area (Å²) in [6, 6.07) is 11.1. The fraction of sp³-hybridized carbons (Fsp3) is 0.304. The fourth-order valence-electron chi connectivity index (χ4n) is 4.15. The summed E-state index contributed by atoms with van der Waals surface area (Å²) in [4.78, 5) is 15.3. The molecule has 3 aromatic rings. The second-order valence-electron chi connectivity index (χ2n) is 7.95. The number of aromatic hydroxyl groups is 1. The third kappa shape index (κ3) is 5.37. The average molecular weight is 510 g/mol. The highest BCUT2D eigenvalue weighted by Gasteiger charge is 2.33. The van der Waals surface area contributed by atoms with Crippen molar-refractivity contribution in [2.75, 3.05) is 39.3 Å². The minimum atomic E-state index is -4.84. The van der Waals surface area contributed by atoms with Crippen LogP contribution in [0.3, 0.4) is 0 Å². The van der Waals surface area contributed by atoms with E-state index >= 15 is 0 Å². The third-order valence-electron chi connectivity index (χ3n) is 5.70. The smallest absolute Gasteiger partial charge is 0.494 e. The van der Waals surface area contributed by atoms with Gasteiger partial charge in [0.05, 0.1) is 11.3 Å². The van der Waals surface area contributed by atoms with Crippen LogP contribution in [-0.4, -0.2) is 72.1 Å². The predicted octanol–water partition coefficient (Wildman–Crippen LogP) is 3.95. The zero-order valence-corrected chi connectivity index (χ0v) is 19.2. The summed E-state index contributed by atoms with van der Waals surface area (Å²) in [5.41, 5.74) is 2.68. The molecule has 0 atom stereocenters. The number of aromatic amines is 1. The Kier molecular flexibility index (Phi) is 7.20. The number of nitrogens with one attached hydrogen (secondary N) is 2. The maximum atomic E-state index is 12.8. The average Bonchev–Trinajstić information content (AvgIpc) is 3.32. The number of rotatable bonds is 6. The molecule has 0 radical (unpaired) electrons. The van der Waals surface area contributed by atoms with Crippen LogP contribution in [0.5, 0.6) is 11.6 Å². The van der Waals surface area contributed by atoms with E-state index in [0.29, 0.717) is 46.7 Å². The highest BCUT2D eigenvalue weighted by atomic mass is 35.5. The number of hydrogen-bond donors (Lipinski definition) is 3. The van der Waals surface area contributed by atoms with Gasteiger partial charge in [-0.05, 0) is 24.3 Å². The molecule has 1 fully saturated rings. The van der Waals surface area contributed by atoms with E-state index in [9.17, 15) is 18.3 Å². The molecule has 0 spiro atoms. The Balaban J connectivity index is 0.00000289. The number of aliphatic imine (C=N–C) groups is 1. The lowest BCUT2D eigenvalue weighted by Gasteiger charge is -2.26. The van der Waals surface area contributed by atoms with E-state index in [4.69, 9.17) is 4.84 Å². The van der Waals surface area contributed by atoms with E-state index in [1.165, 1.54) is 18.2 Å². The summed E-state index contributed by atoms with van der Waals surface area (Å²) in [6.45, 7) is 4.80. The molecule has 2 aliphatic rings. The summed E-state index contributed by atoms with van der Waals surface area (Å²) >= 11 is 0. The zero-order chi connectivity index (χ0) is 23.7. The van der Waals surface area contributed by atoms with Gasteiger partial charge in [-0.3, -0.25) is 4.90 Å². The molecular weight excluding hydrogens is 487 g/mol. The maximum absolute atomic E-state index is 12.8. The van der Waals surface area contributed by atoms with E-state index < -0.39 is 12.1 Å². The van der Waals surface area contributed by atoms with E-state index in [2.05, 4.69) is 30.1 Å². The lowest BCUT2D eigenvalue weighted by Crippen LogP contribution is -2.44. The Morgan fingerprint density at radius 1 is 1.11 bits per heavy atom. The maximum Gasteiger partial charge on any atom is 0.573 e. The number of hydrogen-bond acceptors (Lipinski definition) is 7. The quantitative estimate of drug-likeness (QED) is 0.345. The Labute approximate surface area is 204 Å². The van der Waals surface area contributed by atoms with E-state index in [1.807, 2.05) is 18.2 Å². The van der Waals surface area contributed by atoms with Crippen LogP contribution in [-0.2, 0) is 4.84 Å². The molecule has 3 N–H and O–H groups in total. The van der Waals surface area contributed by atoms with Crippen LogP contribution < -0.4 is 10.1 Å². The lowest BCUT2D eigenvalue weighted by atomic mass is 10.0. The van der Waals surface area contributed by atoms with Crippen molar-refractivity contribution >= 4 is 40.4 Å². The Bertz CT molecular complexity index is 1270. The molecule has 35 heavy (non-hydrogen) atoms. The van der Waals surface area contributed by atoms with Crippen LogP contribution in [0.25, 0.3) is 10.9 Å². The number of benzene rings is 2. The number of nitrogens with zero attached hydrogens (tertiary/aromatic N) is 3. The molecule has 0 saturated carbocycles. The minimum Gasteiger partial charge on any atom is -0.494 e. The molecule has 1 aromatic heterocycles. The number of halogens is 4. The Morgan fingerprint density at radius 3 is 2.66 bits per heavy atom. The fourth-order valence-corrected chi connectivity index (χ4v) is 4.15. The molecule has 8 nitrogen and oxygen atoms in total. The number of aromatic nitrogens is 1. The Morgan fingerprint density at radius 2 is 1.89 bits per heavy atom. The number of fused-ring (bicyclic) bond motifs is 2. The molecule has 0 bridgehead atoms. The number of piperazine rings is 1. The highest BCUT2D eigenvalue weighted by Crippen LogP contribution is 2.37. The van der Waals surface area contributed by atoms with Gasteiger partial charge in [-0.15, -0.1) is 25.6 Å². The number of oxime groups is 1. The first-order valence-corrected chi connectivity index (χ1v) is 10.8. The van der Waals surface area contributed by atoms with Crippen LogP contribution in [0.15, 0.2) is 52.6 Å². The van der Waals surface area contributed by atoms with Gasteiger partial charge in [-0.25, -0.2) is 4.99 Å². The summed E-state index contributed by atoms with van der Waals surface area (Å²) in [6.07, 6.45) is -4.84. The second-order valence-corrected chi connectivity index (χ2v) is 7.95. The van der Waals surface area contributed by atoms with E-state index in [0.717, 1.165) is 26.2 Å². The molecule has 1 saturated heterocycles. The van der Waals surface area contributed by atoms with Crippen molar-refractivity contribution in [3.05, 3.63) is 53.6 Å². The summed E-state index contributed by atoms with van der Waals surface area (Å²) in [5, 5.41) is 18.6.